The van der Waals surface area contributed by atoms with Crippen LogP contribution in [-0.2, 0) is 4.79 Å². The molecule has 0 saturated carbocycles. The van der Waals surface area contributed by atoms with Crippen LogP contribution in [0.15, 0.2) is 12.4 Å². The lowest BCUT2D eigenvalue weighted by atomic mass is 10.1. The third kappa shape index (κ3) is 3.38. The summed E-state index contributed by atoms with van der Waals surface area (Å²) in [6.07, 6.45) is 1.34. The number of rotatable bonds is 3. The van der Waals surface area contributed by atoms with Gasteiger partial charge in [0, 0.05) is 11.6 Å². The van der Waals surface area contributed by atoms with E-state index in [4.69, 9.17) is 0 Å². The quantitative estimate of drug-likeness (QED) is 0.735. The first-order valence-corrected chi connectivity index (χ1v) is 4.22. The Kier molecular flexibility index (Phi) is 3.01. The molecule has 0 atom stereocenters. The zero-order chi connectivity index (χ0) is 10.6. The fourth-order valence-electron chi connectivity index (χ4n) is 0.906. The van der Waals surface area contributed by atoms with E-state index in [2.05, 4.69) is 20.0 Å². The topological polar surface area (TPSA) is 64.1 Å². The van der Waals surface area contributed by atoms with Crippen molar-refractivity contribution in [1.29, 1.82) is 0 Å². The second-order valence-corrected chi connectivity index (χ2v) is 3.83. The first-order chi connectivity index (χ1) is 6.51. The van der Waals surface area contributed by atoms with Gasteiger partial charge in [0.2, 0.25) is 5.88 Å². The van der Waals surface area contributed by atoms with E-state index in [-0.39, 0.29) is 11.4 Å². The maximum Gasteiger partial charge on any atom is 0.299 e. The highest BCUT2D eigenvalue weighted by atomic mass is 16.5. The van der Waals surface area contributed by atoms with Crippen LogP contribution in [0.2, 0.25) is 0 Å². The molecule has 1 aromatic heterocycles. The minimum Gasteiger partial charge on any atom is -0.409 e. The highest BCUT2D eigenvalue weighted by molar-refractivity contribution is 5.46. The number of ether oxygens (including phenoxy) is 1. The van der Waals surface area contributed by atoms with Crippen LogP contribution in [0.3, 0.4) is 0 Å². The zero-order valence-electron chi connectivity index (χ0n) is 8.44. The van der Waals surface area contributed by atoms with Crippen molar-refractivity contribution < 1.29 is 9.53 Å². The summed E-state index contributed by atoms with van der Waals surface area (Å²) in [7, 11) is 0. The molecule has 0 saturated heterocycles. The number of carbonyl (C=O) groups excluding carboxylic acids is 1. The molecule has 0 aliphatic carbocycles. The molecule has 5 heteroatoms. The second kappa shape index (κ2) is 4.04. The van der Waals surface area contributed by atoms with Crippen LogP contribution >= 0.6 is 0 Å². The van der Waals surface area contributed by atoms with Crippen LogP contribution in [0, 0.1) is 0 Å². The minimum atomic E-state index is -0.0905. The molecular weight excluding hydrogens is 182 g/mol. The largest absolute Gasteiger partial charge is 0.409 e. The van der Waals surface area contributed by atoms with Crippen molar-refractivity contribution in [1.82, 2.24) is 9.97 Å². The molecule has 0 spiro atoms. The summed E-state index contributed by atoms with van der Waals surface area (Å²) in [5.41, 5.74) is -0.0905. The lowest BCUT2D eigenvalue weighted by Crippen LogP contribution is -2.26. The fraction of sp³-hybridized carbons (Fsp3) is 0.444. The van der Waals surface area contributed by atoms with E-state index in [1.807, 2.05) is 20.8 Å². The van der Waals surface area contributed by atoms with E-state index < -0.39 is 0 Å². The number of nitrogens with one attached hydrogen (secondary N) is 1. The summed E-state index contributed by atoms with van der Waals surface area (Å²) in [5, 5.41) is 3.13. The van der Waals surface area contributed by atoms with Gasteiger partial charge in [-0.1, -0.05) is 0 Å². The van der Waals surface area contributed by atoms with E-state index in [1.54, 1.807) is 6.07 Å². The van der Waals surface area contributed by atoms with Gasteiger partial charge in [0.15, 0.2) is 0 Å². The molecule has 0 radical (unpaired) electrons. The van der Waals surface area contributed by atoms with Crippen molar-refractivity contribution in [3.05, 3.63) is 12.4 Å². The molecule has 1 aromatic rings. The number of hydrogen-bond acceptors (Lipinski definition) is 5. The molecule has 0 bridgehead atoms. The van der Waals surface area contributed by atoms with Gasteiger partial charge in [0.25, 0.3) is 6.47 Å². The fourth-order valence-corrected chi connectivity index (χ4v) is 0.906. The van der Waals surface area contributed by atoms with Crippen LogP contribution in [-0.4, -0.2) is 22.0 Å². The van der Waals surface area contributed by atoms with Gasteiger partial charge in [-0.15, -0.1) is 0 Å². The maximum absolute atomic E-state index is 10.1. The summed E-state index contributed by atoms with van der Waals surface area (Å²) < 4.78 is 4.59. The van der Waals surface area contributed by atoms with E-state index in [9.17, 15) is 4.79 Å². The summed E-state index contributed by atoms with van der Waals surface area (Å²) in [5.74, 6) is 0.867. The molecule has 0 amide bonds. The molecule has 76 valence electrons. The van der Waals surface area contributed by atoms with Crippen LogP contribution in [0.25, 0.3) is 0 Å². The smallest absolute Gasteiger partial charge is 0.299 e. The molecule has 0 aromatic carbocycles. The Labute approximate surface area is 82.5 Å². The highest BCUT2D eigenvalue weighted by Crippen LogP contribution is 2.14. The van der Waals surface area contributed by atoms with Gasteiger partial charge < -0.3 is 10.1 Å². The number of aromatic nitrogens is 2. The van der Waals surface area contributed by atoms with Gasteiger partial charge in [0.05, 0.1) is 0 Å². The first kappa shape index (κ1) is 10.4. The average Bonchev–Trinajstić information content (AvgIpc) is 2.02. The number of carbonyl (C=O) groups is 1. The summed E-state index contributed by atoms with van der Waals surface area (Å²) in [4.78, 5) is 17.8. The lowest BCUT2D eigenvalue weighted by molar-refractivity contribution is -0.120. The predicted molar refractivity (Wildman–Crippen MR) is 52.1 cm³/mol. The molecule has 5 nitrogen and oxygen atoms in total. The Hall–Kier alpha value is -1.65. The molecule has 1 heterocycles. The van der Waals surface area contributed by atoms with E-state index in [0.717, 1.165) is 0 Å². The van der Waals surface area contributed by atoms with Crippen LogP contribution in [0.5, 0.6) is 5.88 Å². The van der Waals surface area contributed by atoms with E-state index >= 15 is 0 Å². The van der Waals surface area contributed by atoms with E-state index in [0.29, 0.717) is 12.3 Å². The molecule has 14 heavy (non-hydrogen) atoms. The zero-order valence-corrected chi connectivity index (χ0v) is 8.44. The maximum atomic E-state index is 10.1. The lowest BCUT2D eigenvalue weighted by Gasteiger charge is -2.20. The Bertz CT molecular complexity index is 320. The van der Waals surface area contributed by atoms with Gasteiger partial charge in [-0.25, -0.2) is 9.97 Å². The molecule has 0 unspecified atom stereocenters. The van der Waals surface area contributed by atoms with Crippen molar-refractivity contribution in [2.75, 3.05) is 5.32 Å². The van der Waals surface area contributed by atoms with E-state index in [1.165, 1.54) is 6.33 Å². The van der Waals surface area contributed by atoms with Crippen LogP contribution in [0.4, 0.5) is 5.82 Å². The van der Waals surface area contributed by atoms with Crippen molar-refractivity contribution in [3.8, 4) is 5.88 Å². The first-order valence-electron chi connectivity index (χ1n) is 4.22. The summed E-state index contributed by atoms with van der Waals surface area (Å²) in [6.45, 7) is 6.36. The van der Waals surface area contributed by atoms with Gasteiger partial charge in [-0.2, -0.15) is 0 Å². The minimum absolute atomic E-state index is 0.0905. The number of nitrogens with zero attached hydrogens (tertiary/aromatic N) is 2. The standard InChI is InChI=1S/C9H13N3O2/c1-9(2,3)12-7-4-8(14-6-13)11-5-10-7/h4-6H,1-3H3,(H,10,11,12). The normalized spacial score (nSPS) is 10.8. The highest BCUT2D eigenvalue weighted by Gasteiger charge is 2.10. The Morgan fingerprint density at radius 1 is 1.43 bits per heavy atom. The molecular formula is C9H13N3O2. The van der Waals surface area contributed by atoms with Crippen molar-refractivity contribution >= 4 is 12.3 Å². The third-order valence-corrected chi connectivity index (χ3v) is 1.31. The van der Waals surface area contributed by atoms with Crippen molar-refractivity contribution in [2.45, 2.75) is 26.3 Å². The number of anilines is 1. The molecule has 0 aliphatic heterocycles. The second-order valence-electron chi connectivity index (χ2n) is 3.83. The summed E-state index contributed by atoms with van der Waals surface area (Å²) in [6, 6.07) is 1.57. The molecule has 0 fully saturated rings. The Balaban J connectivity index is 2.78. The third-order valence-electron chi connectivity index (χ3n) is 1.31. The summed E-state index contributed by atoms with van der Waals surface area (Å²) >= 11 is 0. The predicted octanol–water partition coefficient (Wildman–Crippen LogP) is 1.22. The molecule has 1 N–H and O–H groups in total. The molecule has 1 rings (SSSR count). The SMILES string of the molecule is CC(C)(C)Nc1cc(OC=O)ncn1. The Morgan fingerprint density at radius 2 is 2.14 bits per heavy atom. The average molecular weight is 195 g/mol. The van der Waals surface area contributed by atoms with Gasteiger partial charge in [-0.3, -0.25) is 4.79 Å². The molecule has 0 aliphatic rings. The van der Waals surface area contributed by atoms with Gasteiger partial charge >= 0.3 is 0 Å². The van der Waals surface area contributed by atoms with Crippen molar-refractivity contribution in [3.63, 3.8) is 0 Å². The van der Waals surface area contributed by atoms with Crippen LogP contribution < -0.4 is 10.1 Å². The van der Waals surface area contributed by atoms with Gasteiger partial charge in [-0.05, 0) is 20.8 Å². The van der Waals surface area contributed by atoms with Gasteiger partial charge in [0.1, 0.15) is 12.1 Å². The van der Waals surface area contributed by atoms with Crippen molar-refractivity contribution in [2.24, 2.45) is 0 Å². The Morgan fingerprint density at radius 3 is 2.71 bits per heavy atom. The van der Waals surface area contributed by atoms with Crippen LogP contribution in [0.1, 0.15) is 20.8 Å². The monoisotopic (exact) mass is 195 g/mol. The number of hydrogen-bond donors (Lipinski definition) is 1.